The number of benzene rings is 2. The molecule has 0 saturated heterocycles. The zero-order valence-corrected chi connectivity index (χ0v) is 13.7. The summed E-state index contributed by atoms with van der Waals surface area (Å²) >= 11 is 0. The van der Waals surface area contributed by atoms with Crippen molar-refractivity contribution >= 4 is 17.0 Å². The quantitative estimate of drug-likeness (QED) is 0.700. The summed E-state index contributed by atoms with van der Waals surface area (Å²) in [7, 11) is 0. The number of phenols is 2. The fourth-order valence-electron chi connectivity index (χ4n) is 2.92. The molecule has 0 amide bonds. The predicted octanol–water partition coefficient (Wildman–Crippen LogP) is 4.06. The van der Waals surface area contributed by atoms with Crippen molar-refractivity contribution in [3.8, 4) is 28.6 Å². The molecule has 0 unspecified atom stereocenters. The first-order valence-corrected chi connectivity index (χ1v) is 7.85. The van der Waals surface area contributed by atoms with E-state index in [1.165, 1.54) is 24.3 Å². The molecule has 25 heavy (non-hydrogen) atoms. The minimum absolute atomic E-state index is 0.120. The highest BCUT2D eigenvalue weighted by Gasteiger charge is 2.26. The van der Waals surface area contributed by atoms with Gasteiger partial charge in [0.05, 0.1) is 5.56 Å². The Morgan fingerprint density at radius 2 is 1.76 bits per heavy atom. The maximum atomic E-state index is 12.5. The fourth-order valence-corrected chi connectivity index (χ4v) is 2.92. The highest BCUT2D eigenvalue weighted by Crippen LogP contribution is 2.40. The van der Waals surface area contributed by atoms with E-state index < -0.39 is 5.60 Å². The first-order chi connectivity index (χ1) is 11.8. The van der Waals surface area contributed by atoms with Crippen LogP contribution >= 0.6 is 0 Å². The highest BCUT2D eigenvalue weighted by atomic mass is 16.5. The van der Waals surface area contributed by atoms with Crippen LogP contribution in [0.25, 0.3) is 28.4 Å². The van der Waals surface area contributed by atoms with Gasteiger partial charge in [-0.3, -0.25) is 4.79 Å². The zero-order valence-electron chi connectivity index (χ0n) is 13.7. The number of aromatic hydroxyl groups is 2. The van der Waals surface area contributed by atoms with Crippen LogP contribution < -0.4 is 10.2 Å². The minimum Gasteiger partial charge on any atom is -0.508 e. The maximum Gasteiger partial charge on any atom is 0.197 e. The molecule has 1 aliphatic rings. The van der Waals surface area contributed by atoms with Crippen LogP contribution in [0.4, 0.5) is 0 Å². The van der Waals surface area contributed by atoms with Gasteiger partial charge in [0.15, 0.2) is 11.0 Å². The fraction of sp³-hybridized carbons (Fsp3) is 0.150. The molecule has 0 radical (unpaired) electrons. The van der Waals surface area contributed by atoms with Crippen LogP contribution in [0.5, 0.6) is 17.2 Å². The summed E-state index contributed by atoms with van der Waals surface area (Å²) in [5, 5.41) is 19.8. The Hall–Kier alpha value is -3.21. The van der Waals surface area contributed by atoms with Crippen LogP contribution in [-0.2, 0) is 0 Å². The van der Waals surface area contributed by atoms with Gasteiger partial charge in [0.2, 0.25) is 0 Å². The van der Waals surface area contributed by atoms with Gasteiger partial charge in [0.25, 0.3) is 0 Å². The Morgan fingerprint density at radius 3 is 2.48 bits per heavy atom. The lowest BCUT2D eigenvalue weighted by atomic mass is 9.99. The lowest BCUT2D eigenvalue weighted by Gasteiger charge is -2.28. The van der Waals surface area contributed by atoms with Gasteiger partial charge in [0, 0.05) is 17.7 Å². The lowest BCUT2D eigenvalue weighted by Crippen LogP contribution is -2.27. The molecule has 5 heteroatoms. The van der Waals surface area contributed by atoms with Crippen molar-refractivity contribution in [1.82, 2.24) is 0 Å². The van der Waals surface area contributed by atoms with Crippen molar-refractivity contribution in [2.75, 3.05) is 0 Å². The molecular formula is C20H16O5. The molecule has 0 fully saturated rings. The lowest BCUT2D eigenvalue weighted by molar-refractivity contribution is 0.158. The minimum atomic E-state index is -0.512. The third-order valence-corrected chi connectivity index (χ3v) is 4.16. The number of hydrogen-bond acceptors (Lipinski definition) is 5. The van der Waals surface area contributed by atoms with E-state index in [4.69, 9.17) is 9.15 Å². The molecule has 3 aromatic rings. The van der Waals surface area contributed by atoms with E-state index >= 15 is 0 Å². The van der Waals surface area contributed by atoms with Gasteiger partial charge in [0.1, 0.15) is 34.0 Å². The Balaban J connectivity index is 2.02. The van der Waals surface area contributed by atoms with Crippen LogP contribution in [0.2, 0.25) is 0 Å². The molecular weight excluding hydrogens is 320 g/mol. The number of fused-ring (bicyclic) bond motifs is 3. The van der Waals surface area contributed by atoms with Crippen molar-refractivity contribution in [1.29, 1.82) is 0 Å². The molecule has 1 aromatic heterocycles. The van der Waals surface area contributed by atoms with E-state index in [-0.39, 0.29) is 27.9 Å². The van der Waals surface area contributed by atoms with E-state index in [9.17, 15) is 15.0 Å². The molecule has 0 spiro atoms. The monoisotopic (exact) mass is 336 g/mol. The van der Waals surface area contributed by atoms with Gasteiger partial charge in [-0.1, -0.05) is 0 Å². The molecule has 2 N–H and O–H groups in total. The van der Waals surface area contributed by atoms with Gasteiger partial charge >= 0.3 is 0 Å². The van der Waals surface area contributed by atoms with Crippen LogP contribution in [-0.4, -0.2) is 15.8 Å². The second kappa shape index (κ2) is 5.14. The number of rotatable bonds is 1. The molecule has 2 heterocycles. The molecule has 5 nitrogen and oxygen atoms in total. The molecule has 0 atom stereocenters. The summed E-state index contributed by atoms with van der Waals surface area (Å²) in [6.45, 7) is 3.80. The number of hydrogen-bond donors (Lipinski definition) is 2. The normalized spacial score (nSPS) is 15.0. The molecule has 126 valence electrons. The zero-order chi connectivity index (χ0) is 17.8. The maximum absolute atomic E-state index is 12.5. The molecule has 2 aromatic carbocycles. The van der Waals surface area contributed by atoms with Crippen molar-refractivity contribution in [2.24, 2.45) is 0 Å². The topological polar surface area (TPSA) is 79.9 Å². The van der Waals surface area contributed by atoms with E-state index in [1.807, 2.05) is 26.0 Å². The SMILES string of the molecule is CC1(C)C=Cc2c(cc(O)c3c(=O)cc(-c4ccc(O)cc4)oc23)O1. The third kappa shape index (κ3) is 2.54. The summed E-state index contributed by atoms with van der Waals surface area (Å²) in [6.07, 6.45) is 3.71. The molecule has 4 rings (SSSR count). The highest BCUT2D eigenvalue weighted by molar-refractivity contribution is 5.94. The van der Waals surface area contributed by atoms with Crippen molar-refractivity contribution in [3.63, 3.8) is 0 Å². The van der Waals surface area contributed by atoms with Gasteiger partial charge in [-0.05, 0) is 50.3 Å². The largest absolute Gasteiger partial charge is 0.508 e. The van der Waals surface area contributed by atoms with E-state index in [0.29, 0.717) is 22.6 Å². The van der Waals surface area contributed by atoms with Crippen molar-refractivity contribution < 1.29 is 19.4 Å². The summed E-state index contributed by atoms with van der Waals surface area (Å²) in [6, 6.07) is 9.12. The summed E-state index contributed by atoms with van der Waals surface area (Å²) in [4.78, 5) is 12.5. The first kappa shape index (κ1) is 15.3. The smallest absolute Gasteiger partial charge is 0.197 e. The number of ether oxygens (including phenoxy) is 1. The summed E-state index contributed by atoms with van der Waals surface area (Å²) in [5.74, 6) is 0.762. The Labute approximate surface area is 143 Å². The second-order valence-corrected chi connectivity index (χ2v) is 6.57. The molecule has 0 aliphatic carbocycles. The van der Waals surface area contributed by atoms with Crippen LogP contribution in [0.15, 0.2) is 51.7 Å². The average Bonchev–Trinajstić information content (AvgIpc) is 2.53. The van der Waals surface area contributed by atoms with Crippen molar-refractivity contribution in [3.05, 3.63) is 58.3 Å². The average molecular weight is 336 g/mol. The van der Waals surface area contributed by atoms with Gasteiger partial charge in [-0.2, -0.15) is 0 Å². The third-order valence-electron chi connectivity index (χ3n) is 4.16. The molecule has 0 saturated carbocycles. The summed E-state index contributed by atoms with van der Waals surface area (Å²) < 4.78 is 11.8. The Morgan fingerprint density at radius 1 is 1.04 bits per heavy atom. The van der Waals surface area contributed by atoms with E-state index in [2.05, 4.69) is 0 Å². The van der Waals surface area contributed by atoms with Crippen LogP contribution in [0.3, 0.4) is 0 Å². The standard InChI is InChI=1S/C20H16O5/c1-20(2)8-7-13-17(25-20)10-15(23)18-14(22)9-16(24-19(13)18)11-3-5-12(21)6-4-11/h3-10,21,23H,1-2H3. The van der Waals surface area contributed by atoms with Crippen LogP contribution in [0, 0.1) is 0 Å². The second-order valence-electron chi connectivity index (χ2n) is 6.57. The van der Waals surface area contributed by atoms with Gasteiger partial charge in [-0.15, -0.1) is 0 Å². The van der Waals surface area contributed by atoms with E-state index in [0.717, 1.165) is 0 Å². The molecule has 0 bridgehead atoms. The predicted molar refractivity (Wildman–Crippen MR) is 95.0 cm³/mol. The van der Waals surface area contributed by atoms with Gasteiger partial charge in [-0.25, -0.2) is 0 Å². The molecule has 1 aliphatic heterocycles. The van der Waals surface area contributed by atoms with Crippen LogP contribution in [0.1, 0.15) is 19.4 Å². The number of phenolic OH excluding ortho intramolecular Hbond substituents is 2. The summed E-state index contributed by atoms with van der Waals surface area (Å²) in [5.41, 5.74) is 0.682. The van der Waals surface area contributed by atoms with Crippen molar-refractivity contribution in [2.45, 2.75) is 19.4 Å². The van der Waals surface area contributed by atoms with E-state index in [1.54, 1.807) is 12.1 Å². The van der Waals surface area contributed by atoms with Gasteiger partial charge < -0.3 is 19.4 Å². The Kier molecular flexibility index (Phi) is 3.15. The first-order valence-electron chi connectivity index (χ1n) is 7.85. The Bertz CT molecular complexity index is 1070.